The van der Waals surface area contributed by atoms with Gasteiger partial charge in [0.1, 0.15) is 0 Å². The Balaban J connectivity index is 1.97. The molecule has 2 saturated heterocycles. The highest BCUT2D eigenvalue weighted by molar-refractivity contribution is 7.89. The number of piperazine rings is 1. The van der Waals surface area contributed by atoms with E-state index in [1.807, 2.05) is 4.90 Å². The summed E-state index contributed by atoms with van der Waals surface area (Å²) in [6, 6.07) is 0. The first-order valence-corrected chi connectivity index (χ1v) is 9.00. The van der Waals surface area contributed by atoms with Gasteiger partial charge in [0.2, 0.25) is 15.9 Å². The van der Waals surface area contributed by atoms with E-state index >= 15 is 0 Å². The zero-order valence-corrected chi connectivity index (χ0v) is 13.2. The highest BCUT2D eigenvalue weighted by Crippen LogP contribution is 2.22. The van der Waals surface area contributed by atoms with Gasteiger partial charge in [0.25, 0.3) is 0 Å². The van der Waals surface area contributed by atoms with Gasteiger partial charge in [0.05, 0.1) is 11.7 Å². The molecule has 0 unspecified atom stereocenters. The number of piperidine rings is 1. The van der Waals surface area contributed by atoms with Crippen LogP contribution in [0.1, 0.15) is 19.8 Å². The number of hydrogen-bond acceptors (Lipinski definition) is 4. The second kappa shape index (κ2) is 6.41. The summed E-state index contributed by atoms with van der Waals surface area (Å²) in [4.78, 5) is 16.6. The van der Waals surface area contributed by atoms with E-state index in [0.717, 1.165) is 39.0 Å². The number of hydrogen-bond donors (Lipinski definition) is 0. The Bertz CT molecular complexity index is 444. The number of nitrogens with zero attached hydrogens (tertiary/aromatic N) is 3. The van der Waals surface area contributed by atoms with E-state index in [0.29, 0.717) is 13.1 Å². The predicted molar refractivity (Wildman–Crippen MR) is 77.8 cm³/mol. The standard InChI is InChI=1S/C13H25N3O3S/c1-3-20(18,19)16-6-4-5-12(11-16)13(17)15-9-7-14(2)8-10-15/h12H,3-11H2,1-2H3/t12-/m0/s1. The minimum Gasteiger partial charge on any atom is -0.340 e. The van der Waals surface area contributed by atoms with Crippen LogP contribution in [0.4, 0.5) is 0 Å². The molecule has 6 nitrogen and oxygen atoms in total. The van der Waals surface area contributed by atoms with Gasteiger partial charge in [-0.15, -0.1) is 0 Å². The monoisotopic (exact) mass is 303 g/mol. The highest BCUT2D eigenvalue weighted by Gasteiger charge is 2.34. The summed E-state index contributed by atoms with van der Waals surface area (Å²) in [5.74, 6) is 0.0881. The number of carbonyl (C=O) groups excluding carboxylic acids is 1. The second-order valence-corrected chi connectivity index (χ2v) is 7.98. The van der Waals surface area contributed by atoms with Gasteiger partial charge in [-0.1, -0.05) is 0 Å². The smallest absolute Gasteiger partial charge is 0.227 e. The molecule has 2 rings (SSSR count). The first kappa shape index (κ1) is 15.7. The van der Waals surface area contributed by atoms with E-state index in [1.165, 1.54) is 4.31 Å². The van der Waals surface area contributed by atoms with E-state index in [4.69, 9.17) is 0 Å². The normalized spacial score (nSPS) is 26.7. The molecule has 2 fully saturated rings. The molecule has 2 aliphatic heterocycles. The molecular weight excluding hydrogens is 278 g/mol. The molecular formula is C13H25N3O3S. The van der Waals surface area contributed by atoms with Crippen molar-refractivity contribution in [3.05, 3.63) is 0 Å². The summed E-state index contributed by atoms with van der Waals surface area (Å²) in [5, 5.41) is 0. The van der Waals surface area contributed by atoms with Crippen molar-refractivity contribution < 1.29 is 13.2 Å². The third-order valence-electron chi connectivity index (χ3n) is 4.31. The maximum atomic E-state index is 12.5. The molecule has 0 aromatic heterocycles. The maximum absolute atomic E-state index is 12.5. The topological polar surface area (TPSA) is 60.9 Å². The van der Waals surface area contributed by atoms with Crippen LogP contribution >= 0.6 is 0 Å². The van der Waals surface area contributed by atoms with Crippen molar-refractivity contribution in [3.8, 4) is 0 Å². The summed E-state index contributed by atoms with van der Waals surface area (Å²) < 4.78 is 25.4. The quantitative estimate of drug-likeness (QED) is 0.726. The molecule has 0 saturated carbocycles. The van der Waals surface area contributed by atoms with Crippen molar-refractivity contribution in [2.24, 2.45) is 5.92 Å². The molecule has 1 amide bonds. The fourth-order valence-corrected chi connectivity index (χ4v) is 4.04. The van der Waals surface area contributed by atoms with Crippen molar-refractivity contribution in [3.63, 3.8) is 0 Å². The molecule has 20 heavy (non-hydrogen) atoms. The molecule has 7 heteroatoms. The number of likely N-dealkylation sites (N-methyl/N-ethyl adjacent to an activating group) is 1. The number of carbonyl (C=O) groups is 1. The van der Waals surface area contributed by atoms with Crippen molar-refractivity contribution in [1.29, 1.82) is 0 Å². The van der Waals surface area contributed by atoms with Gasteiger partial charge >= 0.3 is 0 Å². The molecule has 2 aliphatic rings. The van der Waals surface area contributed by atoms with Gasteiger partial charge in [-0.2, -0.15) is 0 Å². The second-order valence-electron chi connectivity index (χ2n) is 5.73. The molecule has 0 aromatic rings. The molecule has 0 aromatic carbocycles. The van der Waals surface area contributed by atoms with Crippen LogP contribution in [0.2, 0.25) is 0 Å². The summed E-state index contributed by atoms with van der Waals surface area (Å²) in [6.07, 6.45) is 1.59. The van der Waals surface area contributed by atoms with Crippen LogP contribution in [-0.4, -0.2) is 80.5 Å². The molecule has 0 N–H and O–H groups in total. The zero-order chi connectivity index (χ0) is 14.8. The highest BCUT2D eigenvalue weighted by atomic mass is 32.2. The molecule has 1 atom stereocenters. The lowest BCUT2D eigenvalue weighted by atomic mass is 9.98. The van der Waals surface area contributed by atoms with Crippen LogP contribution in [0.3, 0.4) is 0 Å². The van der Waals surface area contributed by atoms with Crippen LogP contribution in [0.15, 0.2) is 0 Å². The van der Waals surface area contributed by atoms with E-state index < -0.39 is 10.0 Å². The Kier molecular flexibility index (Phi) is 5.04. The Morgan fingerprint density at radius 3 is 2.40 bits per heavy atom. The molecule has 2 heterocycles. The molecule has 0 radical (unpaired) electrons. The van der Waals surface area contributed by atoms with Crippen LogP contribution < -0.4 is 0 Å². The average molecular weight is 303 g/mol. The SMILES string of the molecule is CCS(=O)(=O)N1CCC[C@H](C(=O)N2CCN(C)CC2)C1. The lowest BCUT2D eigenvalue weighted by Crippen LogP contribution is -2.52. The minimum atomic E-state index is -3.17. The van der Waals surface area contributed by atoms with Crippen molar-refractivity contribution in [2.75, 3.05) is 52.1 Å². The van der Waals surface area contributed by atoms with Crippen LogP contribution in [0, 0.1) is 5.92 Å². The van der Waals surface area contributed by atoms with Crippen molar-refractivity contribution in [1.82, 2.24) is 14.1 Å². The van der Waals surface area contributed by atoms with Gasteiger partial charge < -0.3 is 9.80 Å². The molecule has 0 spiro atoms. The predicted octanol–water partition coefficient (Wildman–Crippen LogP) is -0.178. The lowest BCUT2D eigenvalue weighted by Gasteiger charge is -2.37. The van der Waals surface area contributed by atoms with Crippen LogP contribution in [0.25, 0.3) is 0 Å². The Hall–Kier alpha value is -0.660. The largest absolute Gasteiger partial charge is 0.340 e. The summed E-state index contributed by atoms with van der Waals surface area (Å²) in [7, 11) is -1.12. The van der Waals surface area contributed by atoms with E-state index in [9.17, 15) is 13.2 Å². The number of rotatable bonds is 3. The first-order valence-electron chi connectivity index (χ1n) is 7.39. The van der Waals surface area contributed by atoms with Crippen molar-refractivity contribution in [2.45, 2.75) is 19.8 Å². The summed E-state index contributed by atoms with van der Waals surface area (Å²) in [5.41, 5.74) is 0. The minimum absolute atomic E-state index is 0.114. The van der Waals surface area contributed by atoms with Crippen LogP contribution in [-0.2, 0) is 14.8 Å². The Morgan fingerprint density at radius 1 is 1.15 bits per heavy atom. The van der Waals surface area contributed by atoms with E-state index in [-0.39, 0.29) is 17.6 Å². The fourth-order valence-electron chi connectivity index (χ4n) is 2.86. The van der Waals surface area contributed by atoms with Gasteiger partial charge in [0.15, 0.2) is 0 Å². The van der Waals surface area contributed by atoms with E-state index in [1.54, 1.807) is 6.92 Å². The Labute approximate surface area is 121 Å². The van der Waals surface area contributed by atoms with Crippen molar-refractivity contribution >= 4 is 15.9 Å². The summed E-state index contributed by atoms with van der Waals surface area (Å²) in [6.45, 7) is 5.88. The van der Waals surface area contributed by atoms with Gasteiger partial charge in [0, 0.05) is 39.3 Å². The number of sulfonamides is 1. The van der Waals surface area contributed by atoms with E-state index in [2.05, 4.69) is 11.9 Å². The van der Waals surface area contributed by atoms with Crippen LogP contribution in [0.5, 0.6) is 0 Å². The molecule has 0 bridgehead atoms. The zero-order valence-electron chi connectivity index (χ0n) is 12.4. The third-order valence-corrected chi connectivity index (χ3v) is 6.15. The number of amides is 1. The molecule has 0 aliphatic carbocycles. The van der Waals surface area contributed by atoms with Gasteiger partial charge in [-0.05, 0) is 26.8 Å². The molecule has 116 valence electrons. The maximum Gasteiger partial charge on any atom is 0.227 e. The summed E-state index contributed by atoms with van der Waals surface area (Å²) >= 11 is 0. The van der Waals surface area contributed by atoms with Gasteiger partial charge in [-0.25, -0.2) is 12.7 Å². The Morgan fingerprint density at radius 2 is 1.80 bits per heavy atom. The lowest BCUT2D eigenvalue weighted by molar-refractivity contribution is -0.138. The first-order chi connectivity index (χ1) is 9.44. The van der Waals surface area contributed by atoms with Gasteiger partial charge in [-0.3, -0.25) is 4.79 Å². The fraction of sp³-hybridized carbons (Fsp3) is 0.923. The third kappa shape index (κ3) is 3.51. The average Bonchev–Trinajstić information content (AvgIpc) is 2.47.